The van der Waals surface area contributed by atoms with Crippen molar-refractivity contribution >= 4 is 27.3 Å². The average molecular weight is 367 g/mol. The van der Waals surface area contributed by atoms with E-state index in [-0.39, 0.29) is 6.04 Å². The van der Waals surface area contributed by atoms with Crippen molar-refractivity contribution in [3.8, 4) is 0 Å². The minimum absolute atomic E-state index is 0.240. The second kappa shape index (κ2) is 7.54. The van der Waals surface area contributed by atoms with Gasteiger partial charge in [0.05, 0.1) is 0 Å². The number of nitrogens with two attached hydrogens (primary N) is 1. The van der Waals surface area contributed by atoms with E-state index in [1.807, 2.05) is 0 Å². The highest BCUT2D eigenvalue weighted by Crippen LogP contribution is 2.28. The first kappa shape index (κ1) is 16.7. The third-order valence-corrected chi connectivity index (χ3v) is 5.50. The number of halogens is 1. The summed E-state index contributed by atoms with van der Waals surface area (Å²) >= 11 is 5.44. The fourth-order valence-corrected chi connectivity index (χ4v) is 3.62. The molecule has 4 heteroatoms. The number of hydrogen-bond acceptors (Lipinski definition) is 3. The quantitative estimate of drug-likeness (QED) is 0.800. The maximum atomic E-state index is 6.11. The molecule has 0 spiro atoms. The number of benzene rings is 1. The van der Waals surface area contributed by atoms with Crippen LogP contribution in [0.25, 0.3) is 0 Å². The molecule has 2 rings (SSSR count). The van der Waals surface area contributed by atoms with Gasteiger partial charge >= 0.3 is 0 Å². The van der Waals surface area contributed by atoms with Crippen LogP contribution in [0.4, 0.5) is 0 Å². The van der Waals surface area contributed by atoms with Crippen LogP contribution in [0.1, 0.15) is 35.9 Å². The van der Waals surface area contributed by atoms with E-state index >= 15 is 0 Å². The summed E-state index contributed by atoms with van der Waals surface area (Å²) in [7, 11) is 0. The lowest BCUT2D eigenvalue weighted by atomic mass is 10.0. The average Bonchev–Trinajstić information content (AvgIpc) is 2.95. The predicted molar refractivity (Wildman–Crippen MR) is 95.7 cm³/mol. The van der Waals surface area contributed by atoms with E-state index in [0.717, 1.165) is 11.0 Å². The molecule has 0 radical (unpaired) electrons. The molecule has 0 aliphatic carbocycles. The Hall–Kier alpha value is -0.680. The normalized spacial score (nSPS) is 13.1. The molecular formula is C17H23BrN2S. The van der Waals surface area contributed by atoms with Gasteiger partial charge in [-0.1, -0.05) is 34.1 Å². The minimum Gasteiger partial charge on any atom is -0.329 e. The zero-order valence-electron chi connectivity index (χ0n) is 12.8. The van der Waals surface area contributed by atoms with Crippen molar-refractivity contribution in [2.45, 2.75) is 39.4 Å². The third kappa shape index (κ3) is 4.16. The number of nitrogens with zero attached hydrogens (tertiary/aromatic N) is 1. The molecule has 1 unspecified atom stereocenters. The monoisotopic (exact) mass is 366 g/mol. The van der Waals surface area contributed by atoms with Gasteiger partial charge in [-0.3, -0.25) is 4.90 Å². The molecule has 1 heterocycles. The Morgan fingerprint density at radius 3 is 2.57 bits per heavy atom. The van der Waals surface area contributed by atoms with Crippen LogP contribution in [0, 0.1) is 6.92 Å². The lowest BCUT2D eigenvalue weighted by Gasteiger charge is -2.34. The fourth-order valence-electron chi connectivity index (χ4n) is 2.51. The van der Waals surface area contributed by atoms with E-state index in [4.69, 9.17) is 5.73 Å². The molecule has 0 saturated heterocycles. The summed E-state index contributed by atoms with van der Waals surface area (Å²) in [5.41, 5.74) is 8.64. The lowest BCUT2D eigenvalue weighted by Crippen LogP contribution is -2.38. The van der Waals surface area contributed by atoms with Gasteiger partial charge in [-0.05, 0) is 49.4 Å². The van der Waals surface area contributed by atoms with Crippen LogP contribution in [0.2, 0.25) is 0 Å². The van der Waals surface area contributed by atoms with Crippen LogP contribution < -0.4 is 5.73 Å². The van der Waals surface area contributed by atoms with Crippen LogP contribution in [0.5, 0.6) is 0 Å². The van der Waals surface area contributed by atoms with Crippen molar-refractivity contribution in [2.75, 3.05) is 6.54 Å². The fraction of sp³-hybridized carbons (Fsp3) is 0.412. The molecule has 1 aromatic heterocycles. The van der Waals surface area contributed by atoms with E-state index < -0.39 is 0 Å². The molecular weight excluding hydrogens is 344 g/mol. The molecule has 0 saturated carbocycles. The van der Waals surface area contributed by atoms with Gasteiger partial charge in [0.1, 0.15) is 0 Å². The molecule has 2 aromatic rings. The Bertz CT molecular complexity index is 566. The number of aryl methyl sites for hydroxylation is 1. The molecule has 2 nitrogen and oxygen atoms in total. The third-order valence-electron chi connectivity index (χ3n) is 3.79. The lowest BCUT2D eigenvalue weighted by molar-refractivity contribution is 0.149. The molecule has 0 bridgehead atoms. The first-order chi connectivity index (χ1) is 10.0. The standard InChI is InChI=1S/C17H23BrN2S/c1-12(2)20(11-15-5-4-8-21-15)17(10-19)14-7-6-13(3)16(18)9-14/h4-9,12,17H,10-11,19H2,1-3H3. The van der Waals surface area contributed by atoms with Crippen LogP contribution in [-0.4, -0.2) is 17.5 Å². The van der Waals surface area contributed by atoms with Gasteiger partial charge in [-0.15, -0.1) is 11.3 Å². The van der Waals surface area contributed by atoms with Crippen LogP contribution in [0.15, 0.2) is 40.2 Å². The second-order valence-corrected chi connectivity index (χ2v) is 7.49. The van der Waals surface area contributed by atoms with Crippen molar-refractivity contribution in [3.63, 3.8) is 0 Å². The minimum atomic E-state index is 0.240. The van der Waals surface area contributed by atoms with Gasteiger partial charge in [0.2, 0.25) is 0 Å². The van der Waals surface area contributed by atoms with E-state index in [1.54, 1.807) is 11.3 Å². The summed E-state index contributed by atoms with van der Waals surface area (Å²) in [6.45, 7) is 8.15. The largest absolute Gasteiger partial charge is 0.329 e. The molecule has 1 atom stereocenters. The summed E-state index contributed by atoms with van der Waals surface area (Å²) in [5, 5.41) is 2.13. The molecule has 0 aliphatic heterocycles. The molecule has 2 N–H and O–H groups in total. The van der Waals surface area contributed by atoms with E-state index in [9.17, 15) is 0 Å². The highest BCUT2D eigenvalue weighted by molar-refractivity contribution is 9.10. The van der Waals surface area contributed by atoms with Crippen molar-refractivity contribution in [1.29, 1.82) is 0 Å². The molecule has 0 fully saturated rings. The van der Waals surface area contributed by atoms with Crippen LogP contribution >= 0.6 is 27.3 Å². The second-order valence-electron chi connectivity index (χ2n) is 5.61. The summed E-state index contributed by atoms with van der Waals surface area (Å²) in [5.74, 6) is 0. The van der Waals surface area contributed by atoms with E-state index in [0.29, 0.717) is 12.6 Å². The number of thiophene rings is 1. The predicted octanol–water partition coefficient (Wildman–Crippen LogP) is 4.73. The first-order valence-corrected chi connectivity index (χ1v) is 8.94. The van der Waals surface area contributed by atoms with Gasteiger partial charge in [-0.25, -0.2) is 0 Å². The SMILES string of the molecule is Cc1ccc(C(CN)N(Cc2cccs2)C(C)C)cc1Br. The first-order valence-electron chi connectivity index (χ1n) is 7.27. The van der Waals surface area contributed by atoms with Crippen LogP contribution in [0.3, 0.4) is 0 Å². The van der Waals surface area contributed by atoms with E-state index in [1.165, 1.54) is 16.0 Å². The highest BCUT2D eigenvalue weighted by Gasteiger charge is 2.22. The maximum absolute atomic E-state index is 6.11. The van der Waals surface area contributed by atoms with Gasteiger partial charge in [-0.2, -0.15) is 0 Å². The van der Waals surface area contributed by atoms with Gasteiger partial charge < -0.3 is 5.73 Å². The Kier molecular flexibility index (Phi) is 5.99. The van der Waals surface area contributed by atoms with Crippen molar-refractivity contribution in [1.82, 2.24) is 4.90 Å². The van der Waals surface area contributed by atoms with Gasteiger partial charge in [0, 0.05) is 34.5 Å². The maximum Gasteiger partial charge on any atom is 0.0477 e. The Balaban J connectivity index is 2.28. The number of rotatable bonds is 6. The van der Waals surface area contributed by atoms with Gasteiger partial charge in [0.25, 0.3) is 0 Å². The van der Waals surface area contributed by atoms with Crippen molar-refractivity contribution in [2.24, 2.45) is 5.73 Å². The number of hydrogen-bond donors (Lipinski definition) is 1. The Morgan fingerprint density at radius 1 is 1.29 bits per heavy atom. The van der Waals surface area contributed by atoms with Crippen LogP contribution in [-0.2, 0) is 6.54 Å². The molecule has 1 aromatic carbocycles. The molecule has 0 amide bonds. The molecule has 114 valence electrons. The Labute approximate surface area is 140 Å². The van der Waals surface area contributed by atoms with Gasteiger partial charge in [0.15, 0.2) is 0 Å². The van der Waals surface area contributed by atoms with E-state index in [2.05, 4.69) is 77.3 Å². The summed E-state index contributed by atoms with van der Waals surface area (Å²) in [4.78, 5) is 3.86. The zero-order chi connectivity index (χ0) is 15.4. The molecule has 0 aliphatic rings. The highest BCUT2D eigenvalue weighted by atomic mass is 79.9. The summed E-state index contributed by atoms with van der Waals surface area (Å²) in [6, 6.07) is 11.5. The summed E-state index contributed by atoms with van der Waals surface area (Å²) < 4.78 is 1.15. The van der Waals surface area contributed by atoms with Crippen molar-refractivity contribution in [3.05, 3.63) is 56.2 Å². The van der Waals surface area contributed by atoms with Crippen molar-refractivity contribution < 1.29 is 0 Å². The smallest absolute Gasteiger partial charge is 0.0477 e. The topological polar surface area (TPSA) is 29.3 Å². The Morgan fingerprint density at radius 2 is 2.05 bits per heavy atom. The zero-order valence-corrected chi connectivity index (χ0v) is 15.2. The molecule has 21 heavy (non-hydrogen) atoms. The summed E-state index contributed by atoms with van der Waals surface area (Å²) in [6.07, 6.45) is 0.